The molecule has 0 bridgehead atoms. The SMILES string of the molecule is CN(CC(=O)O)C1CCCN(CCSc2ccc(Cl)cc2)CC1. The molecule has 1 unspecified atom stereocenters. The van der Waals surface area contributed by atoms with Crippen molar-refractivity contribution in [3.8, 4) is 0 Å². The van der Waals surface area contributed by atoms with Gasteiger partial charge < -0.3 is 10.0 Å². The molecule has 1 heterocycles. The molecule has 0 radical (unpaired) electrons. The lowest BCUT2D eigenvalue weighted by Crippen LogP contribution is -2.36. The monoisotopic (exact) mass is 356 g/mol. The highest BCUT2D eigenvalue weighted by atomic mass is 35.5. The summed E-state index contributed by atoms with van der Waals surface area (Å²) in [6.07, 6.45) is 3.28. The molecule has 4 nitrogen and oxygen atoms in total. The minimum Gasteiger partial charge on any atom is -0.480 e. The molecule has 128 valence electrons. The number of likely N-dealkylation sites (N-methyl/N-ethyl adjacent to an activating group) is 1. The van der Waals surface area contributed by atoms with Crippen LogP contribution in [0.4, 0.5) is 0 Å². The summed E-state index contributed by atoms with van der Waals surface area (Å²) < 4.78 is 0. The minimum atomic E-state index is -0.743. The molecule has 1 fully saturated rings. The second-order valence-electron chi connectivity index (χ2n) is 6.04. The van der Waals surface area contributed by atoms with Gasteiger partial charge in [-0.05, 0) is 63.7 Å². The van der Waals surface area contributed by atoms with Gasteiger partial charge in [0.15, 0.2) is 0 Å². The van der Waals surface area contributed by atoms with Gasteiger partial charge >= 0.3 is 5.97 Å². The number of rotatable bonds is 7. The Bertz CT molecular complexity index is 498. The third-order valence-electron chi connectivity index (χ3n) is 4.29. The van der Waals surface area contributed by atoms with Crippen molar-refractivity contribution in [1.82, 2.24) is 9.80 Å². The molecule has 0 aromatic heterocycles. The Morgan fingerprint density at radius 3 is 2.78 bits per heavy atom. The van der Waals surface area contributed by atoms with Crippen LogP contribution in [0, 0.1) is 0 Å². The molecule has 0 spiro atoms. The van der Waals surface area contributed by atoms with Gasteiger partial charge in [0.2, 0.25) is 0 Å². The Morgan fingerprint density at radius 1 is 1.35 bits per heavy atom. The molecule has 2 rings (SSSR count). The number of carboxylic acids is 1. The molecule has 1 aliphatic heterocycles. The zero-order chi connectivity index (χ0) is 16.7. The summed E-state index contributed by atoms with van der Waals surface area (Å²) in [4.78, 5) is 16.6. The summed E-state index contributed by atoms with van der Waals surface area (Å²) in [7, 11) is 1.92. The molecule has 1 saturated heterocycles. The van der Waals surface area contributed by atoms with Gasteiger partial charge in [-0.25, -0.2) is 0 Å². The molecule has 1 atom stereocenters. The summed E-state index contributed by atoms with van der Waals surface area (Å²) in [5, 5.41) is 9.69. The number of hydrogen-bond donors (Lipinski definition) is 1. The van der Waals surface area contributed by atoms with Crippen LogP contribution in [0.3, 0.4) is 0 Å². The van der Waals surface area contributed by atoms with E-state index < -0.39 is 5.97 Å². The van der Waals surface area contributed by atoms with Crippen molar-refractivity contribution in [3.05, 3.63) is 29.3 Å². The fraction of sp³-hybridized carbons (Fsp3) is 0.588. The van der Waals surface area contributed by atoms with Crippen LogP contribution < -0.4 is 0 Å². The van der Waals surface area contributed by atoms with Crippen LogP contribution in [0.5, 0.6) is 0 Å². The molecule has 23 heavy (non-hydrogen) atoms. The highest BCUT2D eigenvalue weighted by molar-refractivity contribution is 7.99. The van der Waals surface area contributed by atoms with E-state index in [0.29, 0.717) is 6.04 Å². The van der Waals surface area contributed by atoms with E-state index in [1.54, 1.807) is 0 Å². The molecule has 1 aromatic rings. The lowest BCUT2D eigenvalue weighted by atomic mass is 10.1. The van der Waals surface area contributed by atoms with Crippen LogP contribution in [0.2, 0.25) is 5.02 Å². The second kappa shape index (κ2) is 9.52. The number of benzene rings is 1. The Morgan fingerprint density at radius 2 is 2.09 bits per heavy atom. The van der Waals surface area contributed by atoms with Crippen molar-refractivity contribution in [2.24, 2.45) is 0 Å². The number of likely N-dealkylation sites (tertiary alicyclic amines) is 1. The number of thioether (sulfide) groups is 1. The fourth-order valence-corrected chi connectivity index (χ4v) is 4.01. The predicted octanol–water partition coefficient (Wildman–Crippen LogP) is 3.30. The normalized spacial score (nSPS) is 19.7. The van der Waals surface area contributed by atoms with Crippen molar-refractivity contribution in [3.63, 3.8) is 0 Å². The number of carbonyl (C=O) groups is 1. The zero-order valence-electron chi connectivity index (χ0n) is 13.6. The maximum absolute atomic E-state index is 10.8. The number of hydrogen-bond acceptors (Lipinski definition) is 4. The van der Waals surface area contributed by atoms with Gasteiger partial charge in [-0.3, -0.25) is 9.69 Å². The number of nitrogens with zero attached hydrogens (tertiary/aromatic N) is 2. The first-order valence-corrected chi connectivity index (χ1v) is 9.43. The van der Waals surface area contributed by atoms with Crippen molar-refractivity contribution in [2.45, 2.75) is 30.2 Å². The molecule has 0 amide bonds. The molecule has 1 N–H and O–H groups in total. The lowest BCUT2D eigenvalue weighted by Gasteiger charge is -2.25. The maximum atomic E-state index is 10.8. The number of aliphatic carboxylic acids is 1. The molecular weight excluding hydrogens is 332 g/mol. The third-order valence-corrected chi connectivity index (χ3v) is 5.53. The highest BCUT2D eigenvalue weighted by Crippen LogP contribution is 2.21. The summed E-state index contributed by atoms with van der Waals surface area (Å²) in [5.74, 6) is 0.324. The van der Waals surface area contributed by atoms with Crippen LogP contribution in [-0.4, -0.2) is 65.9 Å². The van der Waals surface area contributed by atoms with Crippen LogP contribution >= 0.6 is 23.4 Å². The van der Waals surface area contributed by atoms with Gasteiger partial charge in [0, 0.05) is 28.3 Å². The van der Waals surface area contributed by atoms with Gasteiger partial charge in [0.1, 0.15) is 0 Å². The highest BCUT2D eigenvalue weighted by Gasteiger charge is 2.21. The minimum absolute atomic E-state index is 0.136. The zero-order valence-corrected chi connectivity index (χ0v) is 15.2. The van der Waals surface area contributed by atoms with E-state index in [1.165, 1.54) is 4.90 Å². The summed E-state index contributed by atoms with van der Waals surface area (Å²) in [6, 6.07) is 8.37. The fourth-order valence-electron chi connectivity index (χ4n) is 2.97. The van der Waals surface area contributed by atoms with E-state index in [2.05, 4.69) is 17.0 Å². The van der Waals surface area contributed by atoms with Crippen molar-refractivity contribution >= 4 is 29.3 Å². The Kier molecular flexibility index (Phi) is 7.70. The third kappa shape index (κ3) is 6.71. The van der Waals surface area contributed by atoms with Gasteiger partial charge in [-0.15, -0.1) is 11.8 Å². The van der Waals surface area contributed by atoms with Crippen molar-refractivity contribution < 1.29 is 9.90 Å². The molecule has 0 aliphatic carbocycles. The quantitative estimate of drug-likeness (QED) is 0.759. The Labute approximate surface area is 147 Å². The van der Waals surface area contributed by atoms with E-state index >= 15 is 0 Å². The van der Waals surface area contributed by atoms with E-state index in [-0.39, 0.29) is 6.54 Å². The molecular formula is C17H25ClN2O2S. The van der Waals surface area contributed by atoms with Gasteiger partial charge in [-0.1, -0.05) is 11.6 Å². The predicted molar refractivity (Wildman–Crippen MR) is 96.5 cm³/mol. The van der Waals surface area contributed by atoms with Gasteiger partial charge in [0.25, 0.3) is 0 Å². The first-order valence-electron chi connectivity index (χ1n) is 8.07. The van der Waals surface area contributed by atoms with E-state index in [1.807, 2.05) is 35.8 Å². The summed E-state index contributed by atoms with van der Waals surface area (Å²) in [5.41, 5.74) is 0. The largest absolute Gasteiger partial charge is 0.480 e. The van der Waals surface area contributed by atoms with Crippen molar-refractivity contribution in [2.75, 3.05) is 39.0 Å². The second-order valence-corrected chi connectivity index (χ2v) is 7.64. The van der Waals surface area contributed by atoms with E-state index in [0.717, 1.165) is 49.7 Å². The molecule has 1 aromatic carbocycles. The summed E-state index contributed by atoms with van der Waals surface area (Å²) >= 11 is 7.75. The standard InChI is InChI=1S/C17H25ClN2O2S/c1-19(13-17(21)22)15-3-2-9-20(10-8-15)11-12-23-16-6-4-14(18)5-7-16/h4-7,15H,2-3,8-13H2,1H3,(H,21,22). The number of halogens is 1. The summed E-state index contributed by atoms with van der Waals surface area (Å²) in [6.45, 7) is 3.37. The van der Waals surface area contributed by atoms with Crippen LogP contribution in [0.15, 0.2) is 29.2 Å². The number of carboxylic acid groups (broad SMARTS) is 1. The Balaban J connectivity index is 1.71. The first kappa shape index (κ1) is 18.6. The topological polar surface area (TPSA) is 43.8 Å². The van der Waals surface area contributed by atoms with Crippen molar-refractivity contribution in [1.29, 1.82) is 0 Å². The van der Waals surface area contributed by atoms with Crippen LogP contribution in [0.25, 0.3) is 0 Å². The van der Waals surface area contributed by atoms with Crippen LogP contribution in [0.1, 0.15) is 19.3 Å². The van der Waals surface area contributed by atoms with E-state index in [9.17, 15) is 4.79 Å². The smallest absolute Gasteiger partial charge is 0.317 e. The van der Waals surface area contributed by atoms with Crippen LogP contribution in [-0.2, 0) is 4.79 Å². The molecule has 0 saturated carbocycles. The average Bonchev–Trinajstić information content (AvgIpc) is 2.74. The Hall–Kier alpha value is -0.750. The van der Waals surface area contributed by atoms with E-state index in [4.69, 9.17) is 16.7 Å². The van der Waals surface area contributed by atoms with Gasteiger partial charge in [-0.2, -0.15) is 0 Å². The molecule has 6 heteroatoms. The maximum Gasteiger partial charge on any atom is 0.317 e. The average molecular weight is 357 g/mol. The van der Waals surface area contributed by atoms with Gasteiger partial charge in [0.05, 0.1) is 6.54 Å². The molecule has 1 aliphatic rings. The first-order chi connectivity index (χ1) is 11.0. The lowest BCUT2D eigenvalue weighted by molar-refractivity contribution is -0.138.